The first-order chi connectivity index (χ1) is 15.3. The first kappa shape index (κ1) is 22.3. The van der Waals surface area contributed by atoms with Gasteiger partial charge in [0.15, 0.2) is 5.65 Å². The van der Waals surface area contributed by atoms with Gasteiger partial charge in [-0.1, -0.05) is 12.1 Å². The number of ether oxygens (including phenoxy) is 1. The Kier molecular flexibility index (Phi) is 6.46. The van der Waals surface area contributed by atoms with E-state index in [1.54, 1.807) is 0 Å². The normalized spacial score (nSPS) is 14.2. The summed E-state index contributed by atoms with van der Waals surface area (Å²) in [5, 5.41) is 5.62. The Bertz CT molecular complexity index is 1110. The molecule has 7 nitrogen and oxygen atoms in total. The lowest BCUT2D eigenvalue weighted by Gasteiger charge is -2.29. The van der Waals surface area contributed by atoms with E-state index in [-0.39, 0.29) is 5.91 Å². The molecule has 0 atom stereocenters. The van der Waals surface area contributed by atoms with Crippen molar-refractivity contribution in [2.75, 3.05) is 38.3 Å². The number of hydrogen-bond acceptors (Lipinski definition) is 5. The molecule has 0 N–H and O–H groups in total. The lowest BCUT2D eigenvalue weighted by atomic mass is 9.99. The standard InChI is InChI=1S/C25H33N5O2/c1-17-22(18(2)26-25-24(17)19(3)27-29(25)5)10-11-23(31)28(4)16-20-6-8-21(9-7-20)30-12-14-32-15-13-30/h6-9H,10-16H2,1-5H3. The number of rotatable bonds is 6. The number of aryl methyl sites for hydroxylation is 4. The molecule has 1 saturated heterocycles. The zero-order valence-electron chi connectivity index (χ0n) is 19.8. The number of nitrogens with zero attached hydrogens (tertiary/aromatic N) is 5. The van der Waals surface area contributed by atoms with E-state index in [9.17, 15) is 4.79 Å². The summed E-state index contributed by atoms with van der Waals surface area (Å²) >= 11 is 0. The Labute approximate surface area is 190 Å². The predicted molar refractivity (Wildman–Crippen MR) is 127 cm³/mol. The van der Waals surface area contributed by atoms with Crippen molar-refractivity contribution in [3.05, 3.63) is 52.3 Å². The highest BCUT2D eigenvalue weighted by Gasteiger charge is 2.17. The van der Waals surface area contributed by atoms with Crippen molar-refractivity contribution in [3.8, 4) is 0 Å². The van der Waals surface area contributed by atoms with Crippen LogP contribution in [0.1, 0.15) is 34.5 Å². The van der Waals surface area contributed by atoms with Gasteiger partial charge < -0.3 is 14.5 Å². The molecule has 32 heavy (non-hydrogen) atoms. The molecule has 170 valence electrons. The third-order valence-electron chi connectivity index (χ3n) is 6.48. The van der Waals surface area contributed by atoms with Crippen LogP contribution < -0.4 is 4.90 Å². The predicted octanol–water partition coefficient (Wildman–Crippen LogP) is 3.32. The van der Waals surface area contributed by atoms with Gasteiger partial charge in [0.05, 0.1) is 18.9 Å². The summed E-state index contributed by atoms with van der Waals surface area (Å²) in [6.45, 7) is 10.2. The number of anilines is 1. The molecule has 0 radical (unpaired) electrons. The molecule has 7 heteroatoms. The largest absolute Gasteiger partial charge is 0.378 e. The zero-order valence-corrected chi connectivity index (χ0v) is 19.8. The maximum absolute atomic E-state index is 12.9. The molecule has 0 bridgehead atoms. The SMILES string of the molecule is Cc1nc2c(c(C)nn2C)c(C)c1CCC(=O)N(C)Cc1ccc(N2CCOCC2)cc1. The van der Waals surface area contributed by atoms with Gasteiger partial charge in [0.2, 0.25) is 5.91 Å². The Morgan fingerprint density at radius 2 is 1.78 bits per heavy atom. The minimum absolute atomic E-state index is 0.143. The van der Waals surface area contributed by atoms with Gasteiger partial charge in [-0.3, -0.25) is 9.48 Å². The summed E-state index contributed by atoms with van der Waals surface area (Å²) in [7, 11) is 3.80. The summed E-state index contributed by atoms with van der Waals surface area (Å²) in [5.74, 6) is 0.143. The van der Waals surface area contributed by atoms with Gasteiger partial charge in [-0.15, -0.1) is 0 Å². The lowest BCUT2D eigenvalue weighted by Crippen LogP contribution is -2.36. The summed E-state index contributed by atoms with van der Waals surface area (Å²) in [5.41, 5.74) is 7.57. The highest BCUT2D eigenvalue weighted by atomic mass is 16.5. The molecule has 1 aliphatic heterocycles. The maximum atomic E-state index is 12.9. The third-order valence-corrected chi connectivity index (χ3v) is 6.48. The van der Waals surface area contributed by atoms with Crippen LogP contribution in [0.2, 0.25) is 0 Å². The maximum Gasteiger partial charge on any atom is 0.222 e. The van der Waals surface area contributed by atoms with E-state index in [0.29, 0.717) is 19.4 Å². The quantitative estimate of drug-likeness (QED) is 0.594. The molecule has 0 spiro atoms. The minimum atomic E-state index is 0.143. The Morgan fingerprint density at radius 3 is 2.47 bits per heavy atom. The van der Waals surface area contributed by atoms with Crippen molar-refractivity contribution >= 4 is 22.6 Å². The van der Waals surface area contributed by atoms with Crippen LogP contribution in [0.3, 0.4) is 0 Å². The summed E-state index contributed by atoms with van der Waals surface area (Å²) in [6, 6.07) is 8.52. The number of pyridine rings is 1. The molecule has 3 heterocycles. The topological polar surface area (TPSA) is 63.5 Å². The van der Waals surface area contributed by atoms with Gasteiger partial charge in [0, 0.05) is 56.9 Å². The molecule has 4 rings (SSSR count). The number of aromatic nitrogens is 3. The Morgan fingerprint density at radius 1 is 1.09 bits per heavy atom. The van der Waals surface area contributed by atoms with Crippen molar-refractivity contribution in [2.24, 2.45) is 7.05 Å². The average Bonchev–Trinajstić information content (AvgIpc) is 3.07. The Hall–Kier alpha value is -2.93. The molecular weight excluding hydrogens is 402 g/mol. The second-order valence-corrected chi connectivity index (χ2v) is 8.72. The van der Waals surface area contributed by atoms with Crippen LogP contribution in [-0.4, -0.2) is 58.9 Å². The summed E-state index contributed by atoms with van der Waals surface area (Å²) < 4.78 is 7.26. The van der Waals surface area contributed by atoms with Crippen LogP contribution in [-0.2, 0) is 29.5 Å². The molecule has 1 amide bonds. The molecule has 2 aromatic heterocycles. The average molecular weight is 436 g/mol. The fourth-order valence-electron chi connectivity index (χ4n) is 4.65. The third kappa shape index (κ3) is 4.48. The number of carbonyl (C=O) groups excluding carboxylic acids is 1. The van der Waals surface area contributed by atoms with Crippen molar-refractivity contribution in [3.63, 3.8) is 0 Å². The lowest BCUT2D eigenvalue weighted by molar-refractivity contribution is -0.130. The van der Waals surface area contributed by atoms with E-state index in [1.165, 1.54) is 11.3 Å². The van der Waals surface area contributed by atoms with E-state index in [4.69, 9.17) is 9.72 Å². The van der Waals surface area contributed by atoms with Gasteiger partial charge in [-0.2, -0.15) is 5.10 Å². The first-order valence-corrected chi connectivity index (χ1v) is 11.3. The Balaban J connectivity index is 1.38. The number of hydrogen-bond donors (Lipinski definition) is 0. The van der Waals surface area contributed by atoms with E-state index < -0.39 is 0 Å². The molecule has 0 saturated carbocycles. The van der Waals surface area contributed by atoms with E-state index in [0.717, 1.165) is 59.9 Å². The molecule has 1 fully saturated rings. The van der Waals surface area contributed by atoms with Gasteiger partial charge >= 0.3 is 0 Å². The highest BCUT2D eigenvalue weighted by Crippen LogP contribution is 2.26. The highest BCUT2D eigenvalue weighted by molar-refractivity contribution is 5.84. The molecule has 1 aromatic carbocycles. The van der Waals surface area contributed by atoms with E-state index in [1.807, 2.05) is 37.5 Å². The van der Waals surface area contributed by atoms with Crippen LogP contribution in [0.15, 0.2) is 24.3 Å². The second kappa shape index (κ2) is 9.28. The molecule has 0 unspecified atom stereocenters. The summed E-state index contributed by atoms with van der Waals surface area (Å²) in [6.07, 6.45) is 1.16. The number of morpholine rings is 1. The van der Waals surface area contributed by atoms with Crippen LogP contribution in [0.4, 0.5) is 5.69 Å². The fraction of sp³-hybridized carbons (Fsp3) is 0.480. The number of benzene rings is 1. The van der Waals surface area contributed by atoms with Crippen molar-refractivity contribution in [2.45, 2.75) is 40.2 Å². The second-order valence-electron chi connectivity index (χ2n) is 8.72. The van der Waals surface area contributed by atoms with Crippen LogP contribution >= 0.6 is 0 Å². The van der Waals surface area contributed by atoms with Gasteiger partial charge in [0.1, 0.15) is 0 Å². The van der Waals surface area contributed by atoms with E-state index >= 15 is 0 Å². The van der Waals surface area contributed by atoms with Crippen LogP contribution in [0, 0.1) is 20.8 Å². The molecule has 0 aliphatic carbocycles. The molecule has 3 aromatic rings. The number of amides is 1. The van der Waals surface area contributed by atoms with E-state index in [2.05, 4.69) is 41.2 Å². The molecule has 1 aliphatic rings. The van der Waals surface area contributed by atoms with Gasteiger partial charge in [-0.05, 0) is 56.0 Å². The van der Waals surface area contributed by atoms with Crippen molar-refractivity contribution < 1.29 is 9.53 Å². The number of carbonyl (C=O) groups is 1. The fourth-order valence-corrected chi connectivity index (χ4v) is 4.65. The molecular formula is C25H33N5O2. The zero-order chi connectivity index (χ0) is 22.8. The smallest absolute Gasteiger partial charge is 0.222 e. The number of fused-ring (bicyclic) bond motifs is 1. The van der Waals surface area contributed by atoms with Crippen LogP contribution in [0.25, 0.3) is 11.0 Å². The van der Waals surface area contributed by atoms with Gasteiger partial charge in [-0.25, -0.2) is 4.98 Å². The van der Waals surface area contributed by atoms with Gasteiger partial charge in [0.25, 0.3) is 0 Å². The van der Waals surface area contributed by atoms with Crippen LogP contribution in [0.5, 0.6) is 0 Å². The minimum Gasteiger partial charge on any atom is -0.378 e. The first-order valence-electron chi connectivity index (χ1n) is 11.3. The van der Waals surface area contributed by atoms with Crippen molar-refractivity contribution in [1.29, 1.82) is 0 Å². The monoisotopic (exact) mass is 435 g/mol. The van der Waals surface area contributed by atoms with Crippen molar-refractivity contribution in [1.82, 2.24) is 19.7 Å². The summed E-state index contributed by atoms with van der Waals surface area (Å²) in [4.78, 5) is 21.8.